The fourth-order valence-corrected chi connectivity index (χ4v) is 5.25. The van der Waals surface area contributed by atoms with Crippen molar-refractivity contribution < 1.29 is 9.90 Å². The van der Waals surface area contributed by atoms with Gasteiger partial charge in [0.25, 0.3) is 5.91 Å². The third-order valence-electron chi connectivity index (χ3n) is 7.55. The summed E-state index contributed by atoms with van der Waals surface area (Å²) in [5.74, 6) is 2.20. The van der Waals surface area contributed by atoms with Gasteiger partial charge < -0.3 is 31.3 Å². The molecule has 0 radical (unpaired) electrons. The van der Waals surface area contributed by atoms with Crippen molar-refractivity contribution in [2.24, 2.45) is 11.7 Å². The number of rotatable bonds is 8. The number of phenols is 1. The van der Waals surface area contributed by atoms with Gasteiger partial charge in [-0.3, -0.25) is 9.89 Å². The van der Waals surface area contributed by atoms with E-state index in [-0.39, 0.29) is 11.3 Å². The number of aromatic amines is 1. The van der Waals surface area contributed by atoms with E-state index in [9.17, 15) is 9.90 Å². The molecule has 0 spiro atoms. The molecule has 3 aromatic rings. The number of amides is 1. The summed E-state index contributed by atoms with van der Waals surface area (Å²) in [7, 11) is 0. The molecular formula is C27H36N8O2. The van der Waals surface area contributed by atoms with Crippen LogP contribution in [0, 0.1) is 5.92 Å². The summed E-state index contributed by atoms with van der Waals surface area (Å²) in [6.07, 6.45) is 6.75. The molecule has 10 nitrogen and oxygen atoms in total. The zero-order chi connectivity index (χ0) is 25.8. The molecule has 2 aromatic heterocycles. The Balaban J connectivity index is 1.18. The number of hydrogen-bond donors (Lipinski definition) is 5. The molecule has 0 saturated carbocycles. The molecule has 1 aromatic carbocycles. The topological polar surface area (TPSA) is 135 Å². The highest BCUT2D eigenvalue weighted by Crippen LogP contribution is 2.28. The van der Waals surface area contributed by atoms with Crippen LogP contribution in [0.25, 0.3) is 0 Å². The van der Waals surface area contributed by atoms with Crippen molar-refractivity contribution in [2.45, 2.75) is 45.2 Å². The molecule has 0 bridgehead atoms. The van der Waals surface area contributed by atoms with Crippen molar-refractivity contribution in [2.75, 3.05) is 41.7 Å². The van der Waals surface area contributed by atoms with Gasteiger partial charge in [-0.05, 0) is 74.5 Å². The smallest absolute Gasteiger partial charge is 0.256 e. The van der Waals surface area contributed by atoms with Crippen molar-refractivity contribution in [3.05, 3.63) is 53.7 Å². The van der Waals surface area contributed by atoms with E-state index in [2.05, 4.69) is 42.5 Å². The number of phenolic OH excluding ortho intramolecular Hbond substituents is 1. The second-order valence-corrected chi connectivity index (χ2v) is 10.2. The Morgan fingerprint density at radius 1 is 1.08 bits per heavy atom. The average Bonchev–Trinajstić information content (AvgIpc) is 3.32. The Bertz CT molecular complexity index is 1180. The van der Waals surface area contributed by atoms with Gasteiger partial charge in [-0.15, -0.1) is 0 Å². The number of carbonyl (C=O) groups excluding carboxylic acids is 1. The van der Waals surface area contributed by atoms with Crippen LogP contribution in [0.4, 0.5) is 23.1 Å². The lowest BCUT2D eigenvalue weighted by atomic mass is 9.95. The number of carbonyl (C=O) groups is 1. The Morgan fingerprint density at radius 2 is 1.81 bits per heavy atom. The Hall–Kier alpha value is -3.79. The van der Waals surface area contributed by atoms with Crippen LogP contribution >= 0.6 is 0 Å². The highest BCUT2D eigenvalue weighted by Gasteiger charge is 2.27. The third kappa shape index (κ3) is 5.96. The number of H-pyrrole nitrogens is 1. The van der Waals surface area contributed by atoms with E-state index < -0.39 is 5.91 Å². The number of anilines is 4. The van der Waals surface area contributed by atoms with Crippen molar-refractivity contribution >= 4 is 29.0 Å². The number of nitrogens with one attached hydrogen (secondary N) is 3. The van der Waals surface area contributed by atoms with Crippen molar-refractivity contribution in [1.82, 2.24) is 20.1 Å². The first-order chi connectivity index (χ1) is 18.0. The number of aromatic hydroxyl groups is 1. The molecule has 2 fully saturated rings. The molecule has 5 rings (SSSR count). The number of piperidine rings is 2. The molecular weight excluding hydrogens is 468 g/mol. The first kappa shape index (κ1) is 24.9. The van der Waals surface area contributed by atoms with Crippen LogP contribution < -0.4 is 21.3 Å². The number of nitrogens with zero attached hydrogens (tertiary/aromatic N) is 4. The van der Waals surface area contributed by atoms with Crippen LogP contribution in [0.15, 0.2) is 42.6 Å². The van der Waals surface area contributed by atoms with Gasteiger partial charge in [0.2, 0.25) is 0 Å². The van der Waals surface area contributed by atoms with Gasteiger partial charge in [0.05, 0.1) is 11.9 Å². The molecule has 4 heterocycles. The summed E-state index contributed by atoms with van der Waals surface area (Å²) in [6, 6.07) is 11.5. The molecule has 2 aliphatic heterocycles. The van der Waals surface area contributed by atoms with Gasteiger partial charge in [-0.1, -0.05) is 19.1 Å². The molecule has 10 heteroatoms. The normalized spacial score (nSPS) is 17.6. The van der Waals surface area contributed by atoms with Gasteiger partial charge in [0.15, 0.2) is 5.82 Å². The quantitative estimate of drug-likeness (QED) is 0.314. The molecule has 37 heavy (non-hydrogen) atoms. The van der Waals surface area contributed by atoms with Crippen molar-refractivity contribution in [3.8, 4) is 5.75 Å². The highest BCUT2D eigenvalue weighted by molar-refractivity contribution is 6.03. The SMILES string of the molecule is CC1CCN(C2CCN(c3ccc(Nc4[nH]nc(NCc5ccc(O)cc5)c4C(N)=O)cn3)CC2)CC1. The zero-order valence-corrected chi connectivity index (χ0v) is 21.3. The molecule has 1 amide bonds. The van der Waals surface area contributed by atoms with Crippen LogP contribution in [0.1, 0.15) is 48.5 Å². The molecule has 196 valence electrons. The number of pyridine rings is 1. The standard InChI is InChI=1S/C27H36N8O2/c1-18-8-12-34(13-9-18)21-10-14-35(15-11-21)23-7-4-20(17-29-23)31-27-24(25(28)37)26(32-33-27)30-16-19-2-5-22(36)6-3-19/h2-7,17-18,21,36H,8-16H2,1H3,(H2,28,37)(H3,30,31,32,33). The fourth-order valence-electron chi connectivity index (χ4n) is 5.25. The summed E-state index contributed by atoms with van der Waals surface area (Å²) in [5, 5.41) is 22.8. The lowest BCUT2D eigenvalue weighted by molar-refractivity contribution is 0.100. The Labute approximate surface area is 217 Å². The molecule has 0 atom stereocenters. The number of hydrogen-bond acceptors (Lipinski definition) is 8. The molecule has 2 aliphatic rings. The number of aromatic nitrogens is 3. The summed E-state index contributed by atoms with van der Waals surface area (Å²) in [6.45, 7) is 7.28. The fraction of sp³-hybridized carbons (Fsp3) is 0.444. The van der Waals surface area contributed by atoms with Gasteiger partial charge in [-0.25, -0.2) is 4.98 Å². The minimum atomic E-state index is -0.597. The minimum Gasteiger partial charge on any atom is -0.508 e. The van der Waals surface area contributed by atoms with Crippen molar-refractivity contribution in [1.29, 1.82) is 0 Å². The monoisotopic (exact) mass is 504 g/mol. The number of primary amides is 1. The van der Waals surface area contributed by atoms with Crippen LogP contribution in [0.5, 0.6) is 5.75 Å². The summed E-state index contributed by atoms with van der Waals surface area (Å²) in [4.78, 5) is 21.9. The first-order valence-electron chi connectivity index (χ1n) is 13.1. The lowest BCUT2D eigenvalue weighted by Crippen LogP contribution is -2.47. The zero-order valence-electron chi connectivity index (χ0n) is 21.3. The van der Waals surface area contributed by atoms with E-state index in [0.29, 0.717) is 24.2 Å². The largest absolute Gasteiger partial charge is 0.508 e. The van der Waals surface area contributed by atoms with Gasteiger partial charge in [0.1, 0.15) is 22.9 Å². The van der Waals surface area contributed by atoms with Gasteiger partial charge in [-0.2, -0.15) is 5.10 Å². The van der Waals surface area contributed by atoms with E-state index >= 15 is 0 Å². The summed E-state index contributed by atoms with van der Waals surface area (Å²) >= 11 is 0. The first-order valence-corrected chi connectivity index (χ1v) is 13.1. The number of nitrogens with two attached hydrogens (primary N) is 1. The maximum Gasteiger partial charge on any atom is 0.256 e. The van der Waals surface area contributed by atoms with Crippen LogP contribution in [0.2, 0.25) is 0 Å². The third-order valence-corrected chi connectivity index (χ3v) is 7.55. The second-order valence-electron chi connectivity index (χ2n) is 10.2. The van der Waals surface area contributed by atoms with E-state index in [4.69, 9.17) is 5.73 Å². The lowest BCUT2D eigenvalue weighted by Gasteiger charge is -2.41. The van der Waals surface area contributed by atoms with Gasteiger partial charge >= 0.3 is 0 Å². The Kier molecular flexibility index (Phi) is 7.45. The molecule has 0 unspecified atom stereocenters. The predicted molar refractivity (Wildman–Crippen MR) is 145 cm³/mol. The van der Waals surface area contributed by atoms with Crippen LogP contribution in [0.3, 0.4) is 0 Å². The molecule has 2 saturated heterocycles. The molecule has 0 aliphatic carbocycles. The highest BCUT2D eigenvalue weighted by atomic mass is 16.3. The number of benzene rings is 1. The molecule has 6 N–H and O–H groups in total. The van der Waals surface area contributed by atoms with Crippen LogP contribution in [-0.2, 0) is 6.54 Å². The van der Waals surface area contributed by atoms with E-state index in [1.807, 2.05) is 12.1 Å². The van der Waals surface area contributed by atoms with Gasteiger partial charge in [0, 0.05) is 25.7 Å². The maximum absolute atomic E-state index is 12.2. The minimum absolute atomic E-state index is 0.198. The van der Waals surface area contributed by atoms with E-state index in [0.717, 1.165) is 36.1 Å². The van der Waals surface area contributed by atoms with Crippen molar-refractivity contribution in [3.63, 3.8) is 0 Å². The summed E-state index contributed by atoms with van der Waals surface area (Å²) < 4.78 is 0. The maximum atomic E-state index is 12.2. The van der Waals surface area contributed by atoms with Crippen LogP contribution in [-0.4, -0.2) is 63.3 Å². The Morgan fingerprint density at radius 3 is 2.46 bits per heavy atom. The number of likely N-dealkylation sites (tertiary alicyclic amines) is 1. The average molecular weight is 505 g/mol. The van der Waals surface area contributed by atoms with E-state index in [1.54, 1.807) is 30.5 Å². The second kappa shape index (κ2) is 11.1. The predicted octanol–water partition coefficient (Wildman–Crippen LogP) is 3.67. The van der Waals surface area contributed by atoms with E-state index in [1.165, 1.54) is 38.8 Å². The summed E-state index contributed by atoms with van der Waals surface area (Å²) in [5.41, 5.74) is 7.57.